The van der Waals surface area contributed by atoms with Crippen molar-refractivity contribution in [2.45, 2.75) is 45.4 Å². The molecular formula is C17H20N2O2. The summed E-state index contributed by atoms with van der Waals surface area (Å²) < 4.78 is 2.03. The number of rotatable bonds is 3. The van der Waals surface area contributed by atoms with E-state index in [4.69, 9.17) is 0 Å². The second-order valence-electron chi connectivity index (χ2n) is 5.82. The highest BCUT2D eigenvalue weighted by Crippen LogP contribution is 2.37. The molecule has 0 saturated heterocycles. The van der Waals surface area contributed by atoms with Crippen LogP contribution in [-0.2, 0) is 0 Å². The van der Waals surface area contributed by atoms with Crippen LogP contribution in [0.5, 0.6) is 0 Å². The predicted octanol–water partition coefficient (Wildman–Crippen LogP) is 3.84. The molecule has 4 nitrogen and oxygen atoms in total. The van der Waals surface area contributed by atoms with Crippen LogP contribution >= 0.6 is 0 Å². The minimum atomic E-state index is -0.986. The maximum Gasteiger partial charge on any atom is 0.356 e. The lowest BCUT2D eigenvalue weighted by atomic mass is 9.98. The van der Waals surface area contributed by atoms with E-state index in [9.17, 15) is 9.90 Å². The van der Waals surface area contributed by atoms with Gasteiger partial charge in [-0.25, -0.2) is 9.78 Å². The van der Waals surface area contributed by atoms with Crippen molar-refractivity contribution in [3.05, 3.63) is 47.0 Å². The molecule has 1 aliphatic rings. The Bertz CT molecular complexity index is 682. The number of hydrogen-bond acceptors (Lipinski definition) is 2. The average molecular weight is 284 g/mol. The zero-order chi connectivity index (χ0) is 15.0. The molecule has 4 heteroatoms. The van der Waals surface area contributed by atoms with Gasteiger partial charge in [0.2, 0.25) is 0 Å². The van der Waals surface area contributed by atoms with Crippen molar-refractivity contribution in [3.8, 4) is 5.69 Å². The fraction of sp³-hybridized carbons (Fsp3) is 0.412. The zero-order valence-electron chi connectivity index (χ0n) is 12.5. The Morgan fingerprint density at radius 1 is 1.33 bits per heavy atom. The van der Waals surface area contributed by atoms with E-state index >= 15 is 0 Å². The Hall–Kier alpha value is -2.10. The summed E-state index contributed by atoms with van der Waals surface area (Å²) in [5, 5.41) is 9.35. The topological polar surface area (TPSA) is 55.1 Å². The molecule has 2 aromatic heterocycles. The van der Waals surface area contributed by atoms with Crippen LogP contribution in [0.15, 0.2) is 24.4 Å². The summed E-state index contributed by atoms with van der Waals surface area (Å²) >= 11 is 0. The van der Waals surface area contributed by atoms with E-state index in [1.807, 2.05) is 17.6 Å². The van der Waals surface area contributed by atoms with E-state index in [2.05, 4.69) is 18.0 Å². The van der Waals surface area contributed by atoms with Crippen LogP contribution < -0.4 is 0 Å². The molecule has 110 valence electrons. The van der Waals surface area contributed by atoms with Gasteiger partial charge in [0.05, 0.1) is 5.69 Å². The first kappa shape index (κ1) is 13.9. The molecule has 0 bridgehead atoms. The van der Waals surface area contributed by atoms with E-state index in [1.165, 1.54) is 37.4 Å². The number of aromatic carboxylic acids is 1. The van der Waals surface area contributed by atoms with E-state index in [0.717, 1.165) is 11.4 Å². The lowest BCUT2D eigenvalue weighted by molar-refractivity contribution is 0.0690. The van der Waals surface area contributed by atoms with Gasteiger partial charge in [0.1, 0.15) is 0 Å². The monoisotopic (exact) mass is 284 g/mol. The third-order valence-corrected chi connectivity index (χ3v) is 4.50. The SMILES string of the molecule is Cc1cc(C2CCCC2)c(C)n1-c1cccnc1C(=O)O. The molecular weight excluding hydrogens is 264 g/mol. The number of carboxylic acid groups (broad SMARTS) is 1. The normalized spacial score (nSPS) is 15.5. The Labute approximate surface area is 124 Å². The summed E-state index contributed by atoms with van der Waals surface area (Å²) in [5.41, 5.74) is 4.35. The Morgan fingerprint density at radius 2 is 2.05 bits per heavy atom. The lowest BCUT2D eigenvalue weighted by Crippen LogP contribution is -2.10. The summed E-state index contributed by atoms with van der Waals surface area (Å²) in [7, 11) is 0. The van der Waals surface area contributed by atoms with Crippen molar-refractivity contribution < 1.29 is 9.90 Å². The molecule has 21 heavy (non-hydrogen) atoms. The van der Waals surface area contributed by atoms with Crippen LogP contribution in [0.3, 0.4) is 0 Å². The zero-order valence-corrected chi connectivity index (χ0v) is 12.5. The van der Waals surface area contributed by atoms with Gasteiger partial charge in [0, 0.05) is 17.6 Å². The quantitative estimate of drug-likeness (QED) is 0.931. The van der Waals surface area contributed by atoms with Gasteiger partial charge in [0.15, 0.2) is 5.69 Å². The fourth-order valence-corrected chi connectivity index (χ4v) is 3.55. The molecule has 0 spiro atoms. The van der Waals surface area contributed by atoms with E-state index in [1.54, 1.807) is 6.07 Å². The van der Waals surface area contributed by atoms with Crippen molar-refractivity contribution in [1.29, 1.82) is 0 Å². The summed E-state index contributed by atoms with van der Waals surface area (Å²) in [6.07, 6.45) is 6.59. The number of carboxylic acids is 1. The highest BCUT2D eigenvalue weighted by molar-refractivity contribution is 5.89. The van der Waals surface area contributed by atoms with Crippen LogP contribution in [0.25, 0.3) is 5.69 Å². The number of carbonyl (C=O) groups is 1. The standard InChI is InChI=1S/C17H20N2O2/c1-11-10-14(13-6-3-4-7-13)12(2)19(11)15-8-5-9-18-16(15)17(20)21/h5,8-10,13H,3-4,6-7H2,1-2H3,(H,20,21). The number of hydrogen-bond donors (Lipinski definition) is 1. The number of nitrogens with zero attached hydrogens (tertiary/aromatic N) is 2. The third kappa shape index (κ3) is 2.35. The third-order valence-electron chi connectivity index (χ3n) is 4.50. The molecule has 3 rings (SSSR count). The Morgan fingerprint density at radius 3 is 2.71 bits per heavy atom. The first-order valence-electron chi connectivity index (χ1n) is 7.47. The molecule has 1 saturated carbocycles. The maximum absolute atomic E-state index is 11.4. The van der Waals surface area contributed by atoms with Crippen LogP contribution in [0, 0.1) is 13.8 Å². The molecule has 0 radical (unpaired) electrons. The fourth-order valence-electron chi connectivity index (χ4n) is 3.55. The second-order valence-corrected chi connectivity index (χ2v) is 5.82. The highest BCUT2D eigenvalue weighted by Gasteiger charge is 2.24. The first-order valence-corrected chi connectivity index (χ1v) is 7.47. The van der Waals surface area contributed by atoms with Gasteiger partial charge in [-0.15, -0.1) is 0 Å². The van der Waals surface area contributed by atoms with Gasteiger partial charge in [-0.1, -0.05) is 12.8 Å². The van der Waals surface area contributed by atoms with Crippen LogP contribution in [0.2, 0.25) is 0 Å². The summed E-state index contributed by atoms with van der Waals surface area (Å²) in [5.74, 6) is -0.365. The van der Waals surface area contributed by atoms with Gasteiger partial charge >= 0.3 is 5.97 Å². The van der Waals surface area contributed by atoms with Crippen LogP contribution in [-0.4, -0.2) is 20.6 Å². The van der Waals surface area contributed by atoms with Gasteiger partial charge in [0.25, 0.3) is 0 Å². The van der Waals surface area contributed by atoms with E-state index in [-0.39, 0.29) is 5.69 Å². The smallest absolute Gasteiger partial charge is 0.356 e. The molecule has 0 aliphatic heterocycles. The molecule has 0 amide bonds. The van der Waals surface area contributed by atoms with Gasteiger partial charge in [-0.3, -0.25) is 0 Å². The number of aryl methyl sites for hydroxylation is 1. The van der Waals surface area contributed by atoms with Crippen molar-refractivity contribution in [3.63, 3.8) is 0 Å². The largest absolute Gasteiger partial charge is 0.476 e. The Balaban J connectivity index is 2.13. The minimum Gasteiger partial charge on any atom is -0.476 e. The van der Waals surface area contributed by atoms with Crippen LogP contribution in [0.1, 0.15) is 59.0 Å². The molecule has 1 fully saturated rings. The highest BCUT2D eigenvalue weighted by atomic mass is 16.4. The van der Waals surface area contributed by atoms with E-state index in [0.29, 0.717) is 11.6 Å². The molecule has 1 aliphatic carbocycles. The molecule has 2 aromatic rings. The van der Waals surface area contributed by atoms with Gasteiger partial charge in [-0.2, -0.15) is 0 Å². The summed E-state index contributed by atoms with van der Waals surface area (Å²) in [4.78, 5) is 15.4. The van der Waals surface area contributed by atoms with Gasteiger partial charge in [-0.05, 0) is 56.4 Å². The van der Waals surface area contributed by atoms with Crippen molar-refractivity contribution in [1.82, 2.24) is 9.55 Å². The molecule has 0 aromatic carbocycles. The molecule has 1 N–H and O–H groups in total. The molecule has 2 heterocycles. The Kier molecular flexibility index (Phi) is 3.53. The van der Waals surface area contributed by atoms with Crippen molar-refractivity contribution >= 4 is 5.97 Å². The number of aromatic nitrogens is 2. The minimum absolute atomic E-state index is 0.109. The maximum atomic E-state index is 11.4. The average Bonchev–Trinajstić information content (AvgIpc) is 3.07. The van der Waals surface area contributed by atoms with E-state index < -0.39 is 5.97 Å². The van der Waals surface area contributed by atoms with Crippen LogP contribution in [0.4, 0.5) is 0 Å². The first-order chi connectivity index (χ1) is 10.1. The summed E-state index contributed by atoms with van der Waals surface area (Å²) in [6.45, 7) is 4.11. The summed E-state index contributed by atoms with van der Waals surface area (Å²) in [6, 6.07) is 5.83. The molecule has 0 atom stereocenters. The van der Waals surface area contributed by atoms with Crippen molar-refractivity contribution in [2.24, 2.45) is 0 Å². The van der Waals surface area contributed by atoms with Gasteiger partial charge < -0.3 is 9.67 Å². The lowest BCUT2D eigenvalue weighted by Gasteiger charge is -2.13. The number of pyridine rings is 1. The van der Waals surface area contributed by atoms with Crippen molar-refractivity contribution in [2.75, 3.05) is 0 Å². The predicted molar refractivity (Wildman–Crippen MR) is 81.2 cm³/mol. The molecule has 0 unspecified atom stereocenters. The second kappa shape index (κ2) is 5.35.